The normalized spacial score (nSPS) is 11.1. The Balaban J connectivity index is 1.91. The van der Waals surface area contributed by atoms with Crippen LogP contribution in [0, 0.1) is 13.8 Å². The number of carbonyl (C=O) groups excluding carboxylic acids is 2. The number of primary amides is 1. The van der Waals surface area contributed by atoms with Crippen LogP contribution in [0.4, 0.5) is 0 Å². The highest BCUT2D eigenvalue weighted by Crippen LogP contribution is 2.34. The lowest BCUT2D eigenvalue weighted by atomic mass is 10.1. The number of thioether (sulfide) groups is 1. The van der Waals surface area contributed by atoms with Crippen LogP contribution in [0.25, 0.3) is 10.9 Å². The van der Waals surface area contributed by atoms with Crippen molar-refractivity contribution in [2.24, 2.45) is 5.73 Å². The number of ether oxygens (including phenoxy) is 1. The fraction of sp³-hybridized carbons (Fsp3) is 0.360. The zero-order chi connectivity index (χ0) is 22.4. The number of rotatable bonds is 10. The van der Waals surface area contributed by atoms with E-state index in [0.717, 1.165) is 45.8 Å². The highest BCUT2D eigenvalue weighted by atomic mass is 32.2. The van der Waals surface area contributed by atoms with Crippen molar-refractivity contribution in [3.8, 4) is 0 Å². The molecule has 1 aromatic heterocycles. The van der Waals surface area contributed by atoms with Crippen LogP contribution >= 0.6 is 11.8 Å². The van der Waals surface area contributed by atoms with Crippen LogP contribution in [0.15, 0.2) is 47.4 Å². The van der Waals surface area contributed by atoms with Gasteiger partial charge in [0.15, 0.2) is 0 Å². The molecule has 0 saturated heterocycles. The molecule has 1 amide bonds. The Morgan fingerprint density at radius 2 is 1.87 bits per heavy atom. The number of amides is 1. The third-order valence-electron chi connectivity index (χ3n) is 5.34. The van der Waals surface area contributed by atoms with Crippen LogP contribution in [0.5, 0.6) is 0 Å². The third-order valence-corrected chi connectivity index (χ3v) is 6.41. The molecule has 1 heterocycles. The minimum Gasteiger partial charge on any atom is -0.466 e. The Hall–Kier alpha value is -2.73. The number of hydrogen-bond acceptors (Lipinski definition) is 4. The van der Waals surface area contributed by atoms with Crippen LogP contribution < -0.4 is 5.73 Å². The number of nitrogens with two attached hydrogens (primary N) is 1. The minimum absolute atomic E-state index is 0.146. The summed E-state index contributed by atoms with van der Waals surface area (Å²) in [6.45, 7) is 7.16. The molecule has 0 saturated carbocycles. The molecule has 31 heavy (non-hydrogen) atoms. The standard InChI is InChI=1S/C25H30N2O3S/c1-4-30-24(29)11-8-12-31-20-13-17(2)25-22(14-20)21(15-23(26)28)18(3)27(25)16-19-9-6-5-7-10-19/h5-7,9-10,13-14H,4,8,11-12,15-16H2,1-3H3,(H2,26,28). The molecule has 5 nitrogen and oxygen atoms in total. The van der Waals surface area contributed by atoms with E-state index in [0.29, 0.717) is 13.0 Å². The SMILES string of the molecule is CCOC(=O)CCCSc1cc(C)c2c(c1)c(CC(N)=O)c(C)n2Cc1ccccc1. The molecular weight excluding hydrogens is 408 g/mol. The first kappa shape index (κ1) is 22.9. The van der Waals surface area contributed by atoms with Gasteiger partial charge in [-0.3, -0.25) is 9.59 Å². The van der Waals surface area contributed by atoms with Crippen molar-refractivity contribution in [1.82, 2.24) is 4.57 Å². The van der Waals surface area contributed by atoms with Gasteiger partial charge in [0.25, 0.3) is 0 Å². The summed E-state index contributed by atoms with van der Waals surface area (Å²) in [5, 5.41) is 1.08. The van der Waals surface area contributed by atoms with Gasteiger partial charge in [-0.2, -0.15) is 0 Å². The van der Waals surface area contributed by atoms with Gasteiger partial charge in [0.05, 0.1) is 18.5 Å². The van der Waals surface area contributed by atoms with E-state index in [9.17, 15) is 9.59 Å². The Morgan fingerprint density at radius 3 is 2.55 bits per heavy atom. The number of hydrogen-bond donors (Lipinski definition) is 1. The number of esters is 1. The van der Waals surface area contributed by atoms with Crippen molar-refractivity contribution < 1.29 is 14.3 Å². The molecule has 2 N–H and O–H groups in total. The van der Waals surface area contributed by atoms with Gasteiger partial charge >= 0.3 is 5.97 Å². The van der Waals surface area contributed by atoms with Gasteiger partial charge in [0, 0.05) is 28.9 Å². The van der Waals surface area contributed by atoms with E-state index < -0.39 is 0 Å². The summed E-state index contributed by atoms with van der Waals surface area (Å²) < 4.78 is 7.28. The molecule has 6 heteroatoms. The maximum atomic E-state index is 11.8. The number of carbonyl (C=O) groups is 2. The maximum Gasteiger partial charge on any atom is 0.305 e. The Kier molecular flexibility index (Phi) is 7.80. The molecule has 0 atom stereocenters. The monoisotopic (exact) mass is 438 g/mol. The fourth-order valence-corrected chi connectivity index (χ4v) is 4.93. The summed E-state index contributed by atoms with van der Waals surface area (Å²) in [5.74, 6) is 0.359. The molecule has 2 aromatic carbocycles. The average Bonchev–Trinajstić information content (AvgIpc) is 2.98. The molecule has 0 unspecified atom stereocenters. The summed E-state index contributed by atoms with van der Waals surface area (Å²) >= 11 is 1.72. The van der Waals surface area contributed by atoms with E-state index in [4.69, 9.17) is 10.5 Å². The van der Waals surface area contributed by atoms with Gasteiger partial charge in [-0.15, -0.1) is 11.8 Å². The first-order valence-corrected chi connectivity index (χ1v) is 11.6. The summed E-state index contributed by atoms with van der Waals surface area (Å²) in [4.78, 5) is 24.5. The average molecular weight is 439 g/mol. The third kappa shape index (κ3) is 5.70. The van der Waals surface area contributed by atoms with Gasteiger partial charge in [-0.25, -0.2) is 0 Å². The van der Waals surface area contributed by atoms with E-state index in [1.807, 2.05) is 25.1 Å². The Morgan fingerprint density at radius 1 is 1.13 bits per heavy atom. The van der Waals surface area contributed by atoms with Gasteiger partial charge in [-0.05, 0) is 61.8 Å². The van der Waals surface area contributed by atoms with Crippen LogP contribution in [0.1, 0.15) is 42.1 Å². The van der Waals surface area contributed by atoms with Crippen molar-refractivity contribution in [3.05, 3.63) is 64.8 Å². The first-order chi connectivity index (χ1) is 14.9. The number of fused-ring (bicyclic) bond motifs is 1. The summed E-state index contributed by atoms with van der Waals surface area (Å²) in [5.41, 5.74) is 11.2. The molecule has 0 bridgehead atoms. The fourth-order valence-electron chi connectivity index (χ4n) is 3.94. The minimum atomic E-state index is -0.327. The summed E-state index contributed by atoms with van der Waals surface area (Å²) in [7, 11) is 0. The van der Waals surface area contributed by atoms with E-state index in [-0.39, 0.29) is 18.3 Å². The van der Waals surface area contributed by atoms with Crippen molar-refractivity contribution in [1.29, 1.82) is 0 Å². The highest BCUT2D eigenvalue weighted by Gasteiger charge is 2.18. The Labute approximate surface area is 188 Å². The van der Waals surface area contributed by atoms with E-state index >= 15 is 0 Å². The maximum absolute atomic E-state index is 11.8. The van der Waals surface area contributed by atoms with Gasteiger partial charge < -0.3 is 15.0 Å². The van der Waals surface area contributed by atoms with Crippen molar-refractivity contribution in [2.75, 3.05) is 12.4 Å². The second-order valence-electron chi connectivity index (χ2n) is 7.67. The predicted octanol–water partition coefficient (Wildman–Crippen LogP) is 4.77. The molecule has 164 valence electrons. The molecule has 3 rings (SSSR count). The largest absolute Gasteiger partial charge is 0.466 e. The zero-order valence-corrected chi connectivity index (χ0v) is 19.3. The number of nitrogens with zero attached hydrogens (tertiary/aromatic N) is 1. The van der Waals surface area contributed by atoms with E-state index in [1.54, 1.807) is 11.8 Å². The zero-order valence-electron chi connectivity index (χ0n) is 18.4. The molecule has 0 aliphatic heterocycles. The molecular formula is C25H30N2O3S. The second kappa shape index (κ2) is 10.5. The molecule has 0 fully saturated rings. The summed E-state index contributed by atoms with van der Waals surface area (Å²) in [6, 6.07) is 14.7. The topological polar surface area (TPSA) is 74.3 Å². The van der Waals surface area contributed by atoms with Crippen molar-refractivity contribution >= 4 is 34.5 Å². The van der Waals surface area contributed by atoms with Crippen LogP contribution in [-0.2, 0) is 27.3 Å². The number of aryl methyl sites for hydroxylation is 1. The lowest BCUT2D eigenvalue weighted by molar-refractivity contribution is -0.143. The highest BCUT2D eigenvalue weighted by molar-refractivity contribution is 7.99. The molecule has 0 spiro atoms. The second-order valence-corrected chi connectivity index (χ2v) is 8.84. The van der Waals surface area contributed by atoms with E-state index in [1.165, 1.54) is 11.1 Å². The lowest BCUT2D eigenvalue weighted by Gasteiger charge is -2.11. The number of aromatic nitrogens is 1. The lowest BCUT2D eigenvalue weighted by Crippen LogP contribution is -2.14. The molecule has 0 radical (unpaired) electrons. The number of benzene rings is 2. The van der Waals surface area contributed by atoms with E-state index in [2.05, 4.69) is 42.7 Å². The molecule has 0 aliphatic rings. The van der Waals surface area contributed by atoms with Crippen molar-refractivity contribution in [2.45, 2.75) is 51.5 Å². The quantitative estimate of drug-likeness (QED) is 0.281. The first-order valence-electron chi connectivity index (χ1n) is 10.6. The molecule has 3 aromatic rings. The van der Waals surface area contributed by atoms with Crippen molar-refractivity contribution in [3.63, 3.8) is 0 Å². The van der Waals surface area contributed by atoms with Gasteiger partial charge in [0.1, 0.15) is 0 Å². The van der Waals surface area contributed by atoms with Gasteiger partial charge in [-0.1, -0.05) is 30.3 Å². The van der Waals surface area contributed by atoms with Crippen LogP contribution in [-0.4, -0.2) is 28.8 Å². The summed E-state index contributed by atoms with van der Waals surface area (Å²) in [6.07, 6.45) is 1.42. The predicted molar refractivity (Wildman–Crippen MR) is 126 cm³/mol. The molecule has 0 aliphatic carbocycles. The van der Waals surface area contributed by atoms with Crippen LogP contribution in [0.2, 0.25) is 0 Å². The van der Waals surface area contributed by atoms with Gasteiger partial charge in [0.2, 0.25) is 5.91 Å². The van der Waals surface area contributed by atoms with Crippen LogP contribution in [0.3, 0.4) is 0 Å². The smallest absolute Gasteiger partial charge is 0.305 e. The Bertz CT molecular complexity index is 1070.